The Morgan fingerprint density at radius 2 is 2.14 bits per heavy atom. The number of fused-ring (bicyclic) bond motifs is 1. The molecule has 11 nitrogen and oxygen atoms in total. The molecule has 3 heterocycles. The fraction of sp³-hybridized carbons (Fsp3) is 0.500. The number of aliphatic hydroxyl groups excluding tert-OH is 1. The molecule has 0 amide bonds. The molecule has 1 saturated heterocycles. The number of aliphatic hydroxyl groups is 1. The molecule has 5 rings (SSSR count). The average Bonchev–Trinajstić information content (AvgIpc) is 3.21. The van der Waals surface area contributed by atoms with Crippen molar-refractivity contribution in [2.24, 2.45) is 0 Å². The van der Waals surface area contributed by atoms with Gasteiger partial charge in [0, 0.05) is 25.2 Å². The van der Waals surface area contributed by atoms with Crippen LogP contribution in [0.3, 0.4) is 0 Å². The number of rotatable bonds is 7. The molecule has 2 aromatic heterocycles. The average molecular weight is 525 g/mol. The zero-order valence-electron chi connectivity index (χ0n) is 18.5. The summed E-state index contributed by atoms with van der Waals surface area (Å²) < 4.78 is 56.7. The van der Waals surface area contributed by atoms with E-state index in [-0.39, 0.29) is 28.7 Å². The molecule has 2 aliphatic rings. The Kier molecular flexibility index (Phi) is 5.96. The van der Waals surface area contributed by atoms with E-state index >= 15 is 0 Å². The van der Waals surface area contributed by atoms with Crippen molar-refractivity contribution in [1.29, 1.82) is 5.26 Å². The van der Waals surface area contributed by atoms with Gasteiger partial charge in [0.15, 0.2) is 5.01 Å². The number of imidazole rings is 1. The van der Waals surface area contributed by atoms with Gasteiger partial charge in [-0.05, 0) is 31.9 Å². The largest absolute Gasteiger partial charge is 0.395 e. The van der Waals surface area contributed by atoms with Crippen LogP contribution in [0.5, 0.6) is 0 Å². The maximum Gasteiger partial charge on any atom is 0.291 e. The second kappa shape index (κ2) is 8.71. The lowest BCUT2D eigenvalue weighted by Gasteiger charge is -2.38. The van der Waals surface area contributed by atoms with Gasteiger partial charge in [-0.1, -0.05) is 11.3 Å². The summed E-state index contributed by atoms with van der Waals surface area (Å²) in [5.74, 6) is 0. The summed E-state index contributed by atoms with van der Waals surface area (Å²) in [5.41, 5.74) is 0.178. The number of nitriles is 1. The van der Waals surface area contributed by atoms with Crippen molar-refractivity contribution in [2.75, 3.05) is 24.6 Å². The molecule has 0 unspecified atom stereocenters. The van der Waals surface area contributed by atoms with E-state index in [1.807, 2.05) is 17.9 Å². The zero-order chi connectivity index (χ0) is 25.0. The number of nitrogens with one attached hydrogen (secondary N) is 2. The van der Waals surface area contributed by atoms with Crippen LogP contribution in [0.15, 0.2) is 23.4 Å². The van der Waals surface area contributed by atoms with Gasteiger partial charge < -0.3 is 15.3 Å². The highest BCUT2D eigenvalue weighted by atomic mass is 32.2. The molecule has 1 saturated carbocycles. The molecule has 15 heteroatoms. The number of anilines is 1. The molecule has 2 fully saturated rings. The summed E-state index contributed by atoms with van der Waals surface area (Å²) in [6.45, 7) is 2.76. The van der Waals surface area contributed by atoms with Crippen molar-refractivity contribution in [3.63, 3.8) is 0 Å². The van der Waals surface area contributed by atoms with Crippen LogP contribution >= 0.6 is 11.3 Å². The first-order chi connectivity index (χ1) is 16.6. The van der Waals surface area contributed by atoms with Crippen molar-refractivity contribution >= 4 is 38.1 Å². The normalized spacial score (nSPS) is 22.0. The molecular formula is C20H22F2N8O3S2. The molecule has 186 valence electrons. The molecular weight excluding hydrogens is 502 g/mol. The minimum atomic E-state index is -4.10. The lowest BCUT2D eigenvalue weighted by atomic mass is 10.1. The molecule has 35 heavy (non-hydrogen) atoms. The summed E-state index contributed by atoms with van der Waals surface area (Å²) in [6.07, 6.45) is -0.555. The zero-order valence-corrected chi connectivity index (χ0v) is 20.2. The minimum absolute atomic E-state index is 0.00140. The third-order valence-corrected chi connectivity index (χ3v) is 8.49. The van der Waals surface area contributed by atoms with Gasteiger partial charge in [0.25, 0.3) is 6.43 Å². The maximum absolute atomic E-state index is 13.3. The summed E-state index contributed by atoms with van der Waals surface area (Å²) in [7, 11) is -4.10. The second-order valence-electron chi connectivity index (χ2n) is 8.80. The Morgan fingerprint density at radius 1 is 1.37 bits per heavy atom. The Hall–Kier alpha value is -2.77. The Labute approximate surface area is 203 Å². The van der Waals surface area contributed by atoms with Crippen molar-refractivity contribution < 1.29 is 22.3 Å². The van der Waals surface area contributed by atoms with Gasteiger partial charge >= 0.3 is 0 Å². The van der Waals surface area contributed by atoms with Crippen LogP contribution < -0.4 is 14.9 Å². The van der Waals surface area contributed by atoms with Crippen molar-refractivity contribution in [1.82, 2.24) is 29.8 Å². The van der Waals surface area contributed by atoms with Crippen LogP contribution in [0.1, 0.15) is 31.2 Å². The predicted octanol–water partition coefficient (Wildman–Crippen LogP) is 1.31. The molecule has 0 spiro atoms. The van der Waals surface area contributed by atoms with E-state index in [2.05, 4.69) is 25.2 Å². The van der Waals surface area contributed by atoms with Crippen LogP contribution in [-0.2, 0) is 10.0 Å². The highest BCUT2D eigenvalue weighted by molar-refractivity contribution is 7.89. The van der Waals surface area contributed by atoms with Gasteiger partial charge in [-0.25, -0.2) is 22.2 Å². The molecule has 1 aliphatic carbocycles. The van der Waals surface area contributed by atoms with Crippen molar-refractivity contribution in [3.8, 4) is 11.2 Å². The Bertz CT molecular complexity index is 1410. The Morgan fingerprint density at radius 3 is 2.77 bits per heavy atom. The van der Waals surface area contributed by atoms with E-state index < -0.39 is 27.0 Å². The van der Waals surface area contributed by atoms with Crippen LogP contribution in [0, 0.1) is 11.3 Å². The van der Waals surface area contributed by atoms with Gasteiger partial charge in [-0.3, -0.25) is 4.57 Å². The molecule has 3 N–H and O–H groups in total. The maximum atomic E-state index is 13.3. The van der Waals surface area contributed by atoms with E-state index in [9.17, 15) is 27.6 Å². The van der Waals surface area contributed by atoms with Gasteiger partial charge in [-0.2, -0.15) is 9.98 Å². The smallest absolute Gasteiger partial charge is 0.291 e. The molecule has 0 bridgehead atoms. The van der Waals surface area contributed by atoms with E-state index in [0.29, 0.717) is 54.0 Å². The number of hydrogen-bond acceptors (Lipinski definition) is 10. The molecule has 2 atom stereocenters. The second-order valence-corrected chi connectivity index (χ2v) is 11.5. The fourth-order valence-electron chi connectivity index (χ4n) is 4.20. The predicted molar refractivity (Wildman–Crippen MR) is 123 cm³/mol. The SMILES string of the molecule is C[C@H]1CN(c2cc(S(=O)(=O)NC3(C#N)CC3)cc3c2ncn3-c2nnc(C(F)F)s2)C[C@@H](CO)N1. The van der Waals surface area contributed by atoms with E-state index in [1.165, 1.54) is 23.0 Å². The van der Waals surface area contributed by atoms with E-state index in [1.54, 1.807) is 0 Å². The first-order valence-electron chi connectivity index (χ1n) is 10.8. The third-order valence-electron chi connectivity index (χ3n) is 6.05. The highest BCUT2D eigenvalue weighted by Gasteiger charge is 2.47. The number of aromatic nitrogens is 4. The summed E-state index contributed by atoms with van der Waals surface area (Å²) in [5, 5.41) is 29.4. The van der Waals surface area contributed by atoms with Crippen LogP contribution in [0.2, 0.25) is 0 Å². The van der Waals surface area contributed by atoms with Gasteiger partial charge in [-0.15, -0.1) is 10.2 Å². The highest BCUT2D eigenvalue weighted by Crippen LogP contribution is 2.38. The summed E-state index contributed by atoms with van der Waals surface area (Å²) in [6, 6.07) is 4.66. The monoisotopic (exact) mass is 524 g/mol. The first kappa shape index (κ1) is 23.9. The first-order valence-corrected chi connectivity index (χ1v) is 13.1. The van der Waals surface area contributed by atoms with Crippen molar-refractivity contribution in [3.05, 3.63) is 23.5 Å². The minimum Gasteiger partial charge on any atom is -0.395 e. The van der Waals surface area contributed by atoms with Gasteiger partial charge in [0.05, 0.1) is 28.8 Å². The van der Waals surface area contributed by atoms with E-state index in [4.69, 9.17) is 0 Å². The number of alkyl halides is 2. The number of halogens is 2. The number of nitrogens with zero attached hydrogens (tertiary/aromatic N) is 6. The molecule has 1 aromatic carbocycles. The number of piperazine rings is 1. The number of benzene rings is 1. The summed E-state index contributed by atoms with van der Waals surface area (Å²) in [4.78, 5) is 6.29. The van der Waals surface area contributed by atoms with E-state index in [0.717, 1.165) is 0 Å². The summed E-state index contributed by atoms with van der Waals surface area (Å²) >= 11 is 0.682. The lowest BCUT2D eigenvalue weighted by Crippen LogP contribution is -2.57. The van der Waals surface area contributed by atoms with Crippen LogP contribution in [-0.4, -0.2) is 70.6 Å². The van der Waals surface area contributed by atoms with Gasteiger partial charge in [0.2, 0.25) is 15.2 Å². The molecule has 3 aromatic rings. The molecule has 1 aliphatic heterocycles. The van der Waals surface area contributed by atoms with Crippen LogP contribution in [0.25, 0.3) is 16.2 Å². The van der Waals surface area contributed by atoms with Gasteiger partial charge in [0.1, 0.15) is 17.4 Å². The number of hydrogen-bond donors (Lipinski definition) is 3. The number of sulfonamides is 1. The van der Waals surface area contributed by atoms with Crippen LogP contribution in [0.4, 0.5) is 14.5 Å². The fourth-order valence-corrected chi connectivity index (χ4v) is 6.30. The standard InChI is InChI=1S/C20H22F2N8O3S2/c1-11-6-29(7-12(8-31)25-11)14-4-13(35(32,33)28-20(9-23)2-3-20)5-15-16(14)24-10-30(15)19-27-26-18(34-19)17(21)22/h4-5,10-12,17,25,28,31H,2-3,6-8H2,1H3/t11-,12-/m0/s1. The van der Waals surface area contributed by atoms with Crippen molar-refractivity contribution in [2.45, 2.75) is 48.7 Å². The Balaban J connectivity index is 1.66. The lowest BCUT2D eigenvalue weighted by molar-refractivity contribution is 0.150. The molecule has 0 radical (unpaired) electrons. The topological polar surface area (TPSA) is 149 Å². The quantitative estimate of drug-likeness (QED) is 0.416. The third kappa shape index (κ3) is 4.47.